The van der Waals surface area contributed by atoms with E-state index < -0.39 is 5.30 Å². The molecule has 1 atom stereocenters. The molecule has 0 bridgehead atoms. The average molecular weight is 206 g/mol. The third-order valence-electron chi connectivity index (χ3n) is 1.74. The third kappa shape index (κ3) is 8.08. The number of nitrogens with two attached hydrogens (primary N) is 1. The minimum absolute atomic E-state index is 0.148. The summed E-state index contributed by atoms with van der Waals surface area (Å²) in [5.74, 6) is 1.04. The molecule has 0 aromatic heterocycles. The highest BCUT2D eigenvalue weighted by atomic mass is 32.2. The van der Waals surface area contributed by atoms with Crippen LogP contribution >= 0.6 is 11.8 Å². The Morgan fingerprint density at radius 3 is 2.69 bits per heavy atom. The van der Waals surface area contributed by atoms with Crippen molar-refractivity contribution in [1.82, 2.24) is 5.32 Å². The minimum Gasteiger partial charge on any atom is -0.473 e. The summed E-state index contributed by atoms with van der Waals surface area (Å²) in [6, 6.07) is 0.148. The van der Waals surface area contributed by atoms with Gasteiger partial charge in [-0.05, 0) is 17.7 Å². The van der Waals surface area contributed by atoms with Crippen LogP contribution in [0.2, 0.25) is 0 Å². The molecule has 0 aromatic carbocycles. The Hall–Kier alpha value is -0.260. The van der Waals surface area contributed by atoms with Crippen molar-refractivity contribution in [1.29, 1.82) is 0 Å². The molecule has 0 aliphatic carbocycles. The van der Waals surface area contributed by atoms with Crippen LogP contribution in [0.5, 0.6) is 0 Å². The molecule has 4 N–H and O–H groups in total. The van der Waals surface area contributed by atoms with Crippen LogP contribution in [0.1, 0.15) is 13.8 Å². The van der Waals surface area contributed by atoms with Crippen LogP contribution in [0, 0.1) is 5.92 Å². The van der Waals surface area contributed by atoms with Crippen LogP contribution in [0.25, 0.3) is 0 Å². The Kier molecular flexibility index (Phi) is 7.03. The van der Waals surface area contributed by atoms with Crippen LogP contribution in [0.3, 0.4) is 0 Å². The number of nitrogens with one attached hydrogen (secondary N) is 1. The maximum atomic E-state index is 10.1. The first-order valence-corrected chi connectivity index (χ1v) is 5.34. The summed E-state index contributed by atoms with van der Waals surface area (Å²) in [4.78, 5) is 10.1. The molecule has 13 heavy (non-hydrogen) atoms. The zero-order chi connectivity index (χ0) is 10.3. The highest BCUT2D eigenvalue weighted by molar-refractivity contribution is 8.13. The van der Waals surface area contributed by atoms with Crippen molar-refractivity contribution < 1.29 is 9.90 Å². The summed E-state index contributed by atoms with van der Waals surface area (Å²) in [6.07, 6.45) is 0. The molecule has 78 valence electrons. The lowest BCUT2D eigenvalue weighted by Crippen LogP contribution is -2.38. The second kappa shape index (κ2) is 7.17. The Morgan fingerprint density at radius 1 is 1.62 bits per heavy atom. The molecule has 5 heteroatoms. The van der Waals surface area contributed by atoms with Crippen molar-refractivity contribution in [2.45, 2.75) is 19.9 Å². The predicted molar refractivity (Wildman–Crippen MR) is 56.2 cm³/mol. The Bertz CT molecular complexity index is 153. The number of thioether (sulfide) groups is 1. The van der Waals surface area contributed by atoms with Crippen molar-refractivity contribution in [2.24, 2.45) is 11.7 Å². The van der Waals surface area contributed by atoms with E-state index in [1.807, 2.05) is 0 Å². The molecule has 0 aromatic rings. The third-order valence-corrected chi connectivity index (χ3v) is 2.40. The van der Waals surface area contributed by atoms with E-state index in [-0.39, 0.29) is 6.04 Å². The summed E-state index contributed by atoms with van der Waals surface area (Å²) < 4.78 is 0. The fourth-order valence-electron chi connectivity index (χ4n) is 0.715. The van der Waals surface area contributed by atoms with Gasteiger partial charge in [0.1, 0.15) is 0 Å². The molecule has 0 saturated heterocycles. The first-order chi connectivity index (χ1) is 6.04. The zero-order valence-electron chi connectivity index (χ0n) is 8.12. The minimum atomic E-state index is -0.824. The lowest BCUT2D eigenvalue weighted by atomic mass is 10.1. The van der Waals surface area contributed by atoms with Crippen molar-refractivity contribution in [3.63, 3.8) is 0 Å². The topological polar surface area (TPSA) is 75.3 Å². The van der Waals surface area contributed by atoms with Gasteiger partial charge < -0.3 is 16.2 Å². The van der Waals surface area contributed by atoms with Crippen molar-refractivity contribution in [3.05, 3.63) is 0 Å². The largest absolute Gasteiger partial charge is 0.473 e. The lowest BCUT2D eigenvalue weighted by Gasteiger charge is -2.15. The number of hydrogen-bond acceptors (Lipinski definition) is 4. The second-order valence-electron chi connectivity index (χ2n) is 3.23. The molecule has 0 aliphatic rings. The maximum Gasteiger partial charge on any atom is 0.364 e. The normalized spacial score (nSPS) is 13.2. The van der Waals surface area contributed by atoms with E-state index in [9.17, 15) is 4.79 Å². The van der Waals surface area contributed by atoms with Gasteiger partial charge in [0.15, 0.2) is 0 Å². The molecular weight excluding hydrogens is 188 g/mol. The van der Waals surface area contributed by atoms with Gasteiger partial charge in [-0.2, -0.15) is 0 Å². The second-order valence-corrected chi connectivity index (χ2v) is 4.27. The van der Waals surface area contributed by atoms with E-state index in [0.717, 1.165) is 18.3 Å². The summed E-state index contributed by atoms with van der Waals surface area (Å²) in [7, 11) is 0. The fraction of sp³-hybridized carbons (Fsp3) is 0.875. The quantitative estimate of drug-likeness (QED) is 0.565. The molecule has 0 rings (SSSR count). The van der Waals surface area contributed by atoms with E-state index in [2.05, 4.69) is 19.2 Å². The zero-order valence-corrected chi connectivity index (χ0v) is 8.93. The molecule has 0 aliphatic heterocycles. The van der Waals surface area contributed by atoms with Gasteiger partial charge in [-0.1, -0.05) is 13.8 Å². The molecule has 0 saturated carbocycles. The fourth-order valence-corrected chi connectivity index (χ4v) is 1.14. The Balaban J connectivity index is 3.21. The molecule has 0 amide bonds. The van der Waals surface area contributed by atoms with E-state index in [4.69, 9.17) is 10.8 Å². The van der Waals surface area contributed by atoms with Gasteiger partial charge in [0.05, 0.1) is 0 Å². The van der Waals surface area contributed by atoms with E-state index in [0.29, 0.717) is 18.2 Å². The number of carboxylic acid groups (broad SMARTS) is 1. The highest BCUT2D eigenvalue weighted by Crippen LogP contribution is 1.99. The number of carbonyl (C=O) groups is 1. The Morgan fingerprint density at radius 2 is 2.23 bits per heavy atom. The van der Waals surface area contributed by atoms with Crippen molar-refractivity contribution >= 4 is 17.1 Å². The monoisotopic (exact) mass is 206 g/mol. The van der Waals surface area contributed by atoms with Crippen LogP contribution in [0.15, 0.2) is 0 Å². The molecule has 1 unspecified atom stereocenters. The highest BCUT2D eigenvalue weighted by Gasteiger charge is 2.06. The predicted octanol–water partition coefficient (Wildman–Crippen LogP) is 0.971. The van der Waals surface area contributed by atoms with E-state index in [1.54, 1.807) is 0 Å². The van der Waals surface area contributed by atoms with Crippen molar-refractivity contribution in [2.75, 3.05) is 18.8 Å². The summed E-state index contributed by atoms with van der Waals surface area (Å²) in [5.41, 5.74) is 5.77. The average Bonchev–Trinajstić information content (AvgIpc) is 2.02. The van der Waals surface area contributed by atoms with Gasteiger partial charge in [0.25, 0.3) is 0 Å². The molecule has 0 radical (unpaired) electrons. The molecule has 0 fully saturated rings. The van der Waals surface area contributed by atoms with Crippen LogP contribution in [0.4, 0.5) is 4.79 Å². The van der Waals surface area contributed by atoms with Gasteiger partial charge >= 0.3 is 5.30 Å². The van der Waals surface area contributed by atoms with Crippen LogP contribution in [-0.4, -0.2) is 35.3 Å². The SMILES string of the molecule is CC(C)C(N)CNCCSC(=O)O. The summed E-state index contributed by atoms with van der Waals surface area (Å²) in [6.45, 7) is 5.58. The van der Waals surface area contributed by atoms with Gasteiger partial charge in [-0.3, -0.25) is 0 Å². The number of rotatable bonds is 6. The smallest absolute Gasteiger partial charge is 0.364 e. The maximum absolute atomic E-state index is 10.1. The number of hydrogen-bond donors (Lipinski definition) is 3. The van der Waals surface area contributed by atoms with Gasteiger partial charge in [-0.25, -0.2) is 4.79 Å². The van der Waals surface area contributed by atoms with E-state index in [1.165, 1.54) is 0 Å². The first-order valence-electron chi connectivity index (χ1n) is 4.36. The molecule has 0 spiro atoms. The van der Waals surface area contributed by atoms with Crippen LogP contribution < -0.4 is 11.1 Å². The standard InChI is InChI=1S/C8H18N2O2S/c1-6(2)7(9)5-10-3-4-13-8(11)12/h6-7,10H,3-5,9H2,1-2H3,(H,11,12). The summed E-state index contributed by atoms with van der Waals surface area (Å²) in [5, 5.41) is 10.6. The lowest BCUT2D eigenvalue weighted by molar-refractivity contribution is 0.222. The van der Waals surface area contributed by atoms with Gasteiger partial charge in [0.2, 0.25) is 0 Å². The van der Waals surface area contributed by atoms with Gasteiger partial charge in [0, 0.05) is 24.9 Å². The summed E-state index contributed by atoms with van der Waals surface area (Å²) >= 11 is 0.905. The van der Waals surface area contributed by atoms with Crippen LogP contribution in [-0.2, 0) is 0 Å². The molecule has 4 nitrogen and oxygen atoms in total. The Labute approximate surface area is 83.3 Å². The van der Waals surface area contributed by atoms with E-state index >= 15 is 0 Å². The molecule has 0 heterocycles. The first kappa shape index (κ1) is 12.7. The van der Waals surface area contributed by atoms with Crippen molar-refractivity contribution in [3.8, 4) is 0 Å². The van der Waals surface area contributed by atoms with Gasteiger partial charge in [-0.15, -0.1) is 0 Å². The molecular formula is C8H18N2O2S.